The molecular formula is C14H20N2O3. The van der Waals surface area contributed by atoms with Gasteiger partial charge >= 0.3 is 0 Å². The van der Waals surface area contributed by atoms with Gasteiger partial charge in [-0.3, -0.25) is 9.69 Å². The van der Waals surface area contributed by atoms with Gasteiger partial charge in [-0.05, 0) is 39.1 Å². The maximum Gasteiger partial charge on any atom is 0.241 e. The lowest BCUT2D eigenvalue weighted by molar-refractivity contribution is -0.120. The Kier molecular flexibility index (Phi) is 3.95. The van der Waals surface area contributed by atoms with E-state index in [0.29, 0.717) is 5.75 Å². The van der Waals surface area contributed by atoms with Gasteiger partial charge in [0.1, 0.15) is 0 Å². The molecule has 5 heteroatoms. The van der Waals surface area contributed by atoms with Gasteiger partial charge in [0.05, 0.1) is 6.04 Å². The molecule has 0 unspecified atom stereocenters. The van der Waals surface area contributed by atoms with Gasteiger partial charge < -0.3 is 14.8 Å². The molecule has 1 aromatic rings. The summed E-state index contributed by atoms with van der Waals surface area (Å²) in [5.74, 6) is 1.41. The average molecular weight is 264 g/mol. The molecule has 0 fully saturated rings. The summed E-state index contributed by atoms with van der Waals surface area (Å²) in [6.45, 7) is 4.17. The van der Waals surface area contributed by atoms with Crippen molar-refractivity contribution in [3.05, 3.63) is 17.7 Å². The highest BCUT2D eigenvalue weighted by molar-refractivity contribution is 5.95. The van der Waals surface area contributed by atoms with E-state index < -0.39 is 0 Å². The molecule has 1 amide bonds. The molecule has 0 aliphatic carbocycles. The lowest BCUT2D eigenvalue weighted by Crippen LogP contribution is -2.39. The molecule has 5 nitrogen and oxygen atoms in total. The van der Waals surface area contributed by atoms with E-state index in [0.717, 1.165) is 23.4 Å². The highest BCUT2D eigenvalue weighted by Crippen LogP contribution is 2.36. The second kappa shape index (κ2) is 5.48. The molecule has 0 saturated carbocycles. The van der Waals surface area contributed by atoms with Gasteiger partial charge in [0.2, 0.25) is 12.7 Å². The number of likely N-dealkylation sites (N-methyl/N-ethyl adjacent to an activating group) is 1. The molecule has 1 heterocycles. The lowest BCUT2D eigenvalue weighted by Gasteiger charge is -2.22. The zero-order chi connectivity index (χ0) is 14.0. The Hall–Kier alpha value is -1.75. The van der Waals surface area contributed by atoms with Crippen LogP contribution in [0.5, 0.6) is 11.5 Å². The van der Waals surface area contributed by atoms with Crippen LogP contribution in [-0.4, -0.2) is 37.7 Å². The molecule has 0 radical (unpaired) electrons. The predicted molar refractivity (Wildman–Crippen MR) is 73.7 cm³/mol. The maximum atomic E-state index is 12.2. The Labute approximate surface area is 113 Å². The number of rotatable bonds is 4. The number of nitrogens with one attached hydrogen (secondary N) is 1. The van der Waals surface area contributed by atoms with E-state index in [-0.39, 0.29) is 18.7 Å². The molecule has 1 N–H and O–H groups in total. The molecule has 0 aromatic heterocycles. The van der Waals surface area contributed by atoms with E-state index in [2.05, 4.69) is 5.32 Å². The van der Waals surface area contributed by atoms with Crippen LogP contribution in [0.2, 0.25) is 0 Å². The third-order valence-electron chi connectivity index (χ3n) is 3.29. The number of hydrogen-bond acceptors (Lipinski definition) is 4. The summed E-state index contributed by atoms with van der Waals surface area (Å²) in [6, 6.07) is 3.57. The van der Waals surface area contributed by atoms with Crippen LogP contribution in [0.25, 0.3) is 0 Å². The fourth-order valence-electron chi connectivity index (χ4n) is 2.18. The van der Waals surface area contributed by atoms with Crippen molar-refractivity contribution in [1.29, 1.82) is 0 Å². The van der Waals surface area contributed by atoms with Crippen molar-refractivity contribution in [1.82, 2.24) is 4.90 Å². The summed E-state index contributed by atoms with van der Waals surface area (Å²) in [6.07, 6.45) is 0.766. The summed E-state index contributed by atoms with van der Waals surface area (Å²) < 4.78 is 10.6. The third-order valence-corrected chi connectivity index (χ3v) is 3.29. The van der Waals surface area contributed by atoms with E-state index in [4.69, 9.17) is 9.47 Å². The fraction of sp³-hybridized carbons (Fsp3) is 0.500. The second-order valence-corrected chi connectivity index (χ2v) is 4.90. The Balaban J connectivity index is 2.17. The van der Waals surface area contributed by atoms with Gasteiger partial charge in [0, 0.05) is 11.8 Å². The Morgan fingerprint density at radius 3 is 2.58 bits per heavy atom. The summed E-state index contributed by atoms with van der Waals surface area (Å²) in [5.41, 5.74) is 1.74. The number of aryl methyl sites for hydroxylation is 1. The highest BCUT2D eigenvalue weighted by atomic mass is 16.7. The minimum absolute atomic E-state index is 0.00512. The number of fused-ring (bicyclic) bond motifs is 1. The largest absolute Gasteiger partial charge is 0.454 e. The van der Waals surface area contributed by atoms with E-state index >= 15 is 0 Å². The van der Waals surface area contributed by atoms with Crippen LogP contribution in [-0.2, 0) is 4.79 Å². The SMILES string of the molecule is CC[C@H](C(=O)Nc1cc2c(cc1C)OCO2)N(C)C. The van der Waals surface area contributed by atoms with Crippen molar-refractivity contribution < 1.29 is 14.3 Å². The normalized spacial score (nSPS) is 14.6. The number of benzene rings is 1. The minimum Gasteiger partial charge on any atom is -0.454 e. The lowest BCUT2D eigenvalue weighted by atomic mass is 10.1. The van der Waals surface area contributed by atoms with Gasteiger partial charge in [-0.1, -0.05) is 6.92 Å². The predicted octanol–water partition coefficient (Wildman–Crippen LogP) is 2.00. The highest BCUT2D eigenvalue weighted by Gasteiger charge is 2.21. The van der Waals surface area contributed by atoms with Crippen LogP contribution < -0.4 is 14.8 Å². The molecule has 1 atom stereocenters. The van der Waals surface area contributed by atoms with Gasteiger partial charge in [0.25, 0.3) is 0 Å². The number of ether oxygens (including phenoxy) is 2. The van der Waals surface area contributed by atoms with Crippen molar-refractivity contribution in [2.75, 3.05) is 26.2 Å². The molecule has 104 valence electrons. The zero-order valence-electron chi connectivity index (χ0n) is 11.8. The molecule has 0 spiro atoms. The van der Waals surface area contributed by atoms with Crippen molar-refractivity contribution in [3.8, 4) is 11.5 Å². The van der Waals surface area contributed by atoms with E-state index in [9.17, 15) is 4.79 Å². The Morgan fingerprint density at radius 2 is 2.00 bits per heavy atom. The standard InChI is InChI=1S/C14H20N2O3/c1-5-11(16(3)4)14(17)15-10-7-13-12(6-9(10)2)18-8-19-13/h6-7,11H,5,8H2,1-4H3,(H,15,17)/t11-/m1/s1. The van der Waals surface area contributed by atoms with Crippen LogP contribution in [0.3, 0.4) is 0 Å². The van der Waals surface area contributed by atoms with E-state index in [1.165, 1.54) is 0 Å². The summed E-state index contributed by atoms with van der Waals surface area (Å²) in [4.78, 5) is 14.1. The molecule has 0 bridgehead atoms. The number of amides is 1. The van der Waals surface area contributed by atoms with Gasteiger partial charge in [-0.15, -0.1) is 0 Å². The quantitative estimate of drug-likeness (QED) is 0.903. The number of carbonyl (C=O) groups excluding carboxylic acids is 1. The summed E-state index contributed by atoms with van der Waals surface area (Å²) in [5, 5.41) is 2.96. The number of nitrogens with zero attached hydrogens (tertiary/aromatic N) is 1. The number of hydrogen-bond donors (Lipinski definition) is 1. The average Bonchev–Trinajstić information content (AvgIpc) is 2.76. The van der Waals surface area contributed by atoms with Crippen molar-refractivity contribution in [2.24, 2.45) is 0 Å². The topological polar surface area (TPSA) is 50.8 Å². The monoisotopic (exact) mass is 264 g/mol. The maximum absolute atomic E-state index is 12.2. The number of carbonyl (C=O) groups is 1. The molecular weight excluding hydrogens is 244 g/mol. The summed E-state index contributed by atoms with van der Waals surface area (Å²) >= 11 is 0. The van der Waals surface area contributed by atoms with Gasteiger partial charge in [-0.2, -0.15) is 0 Å². The summed E-state index contributed by atoms with van der Waals surface area (Å²) in [7, 11) is 3.81. The molecule has 1 aliphatic heterocycles. The van der Waals surface area contributed by atoms with Gasteiger partial charge in [0.15, 0.2) is 11.5 Å². The first kappa shape index (κ1) is 13.7. The van der Waals surface area contributed by atoms with Crippen LogP contribution in [0.4, 0.5) is 5.69 Å². The van der Waals surface area contributed by atoms with Crippen molar-refractivity contribution in [3.63, 3.8) is 0 Å². The smallest absolute Gasteiger partial charge is 0.241 e. The third kappa shape index (κ3) is 2.81. The van der Waals surface area contributed by atoms with Crippen LogP contribution >= 0.6 is 0 Å². The molecule has 2 rings (SSSR count). The zero-order valence-corrected chi connectivity index (χ0v) is 11.8. The molecule has 19 heavy (non-hydrogen) atoms. The van der Waals surface area contributed by atoms with Crippen LogP contribution in [0, 0.1) is 6.92 Å². The first-order valence-corrected chi connectivity index (χ1v) is 6.40. The first-order valence-electron chi connectivity index (χ1n) is 6.40. The Morgan fingerprint density at radius 1 is 1.37 bits per heavy atom. The van der Waals surface area contributed by atoms with Crippen molar-refractivity contribution >= 4 is 11.6 Å². The first-order chi connectivity index (χ1) is 9.02. The van der Waals surface area contributed by atoms with E-state index in [1.54, 1.807) is 0 Å². The van der Waals surface area contributed by atoms with Crippen LogP contribution in [0.15, 0.2) is 12.1 Å². The molecule has 0 saturated heterocycles. The number of anilines is 1. The second-order valence-electron chi connectivity index (χ2n) is 4.90. The molecule has 1 aliphatic rings. The molecule has 1 aromatic carbocycles. The Bertz CT molecular complexity index is 486. The fourth-order valence-corrected chi connectivity index (χ4v) is 2.18. The van der Waals surface area contributed by atoms with E-state index in [1.807, 2.05) is 45.0 Å². The van der Waals surface area contributed by atoms with Crippen molar-refractivity contribution in [2.45, 2.75) is 26.3 Å². The van der Waals surface area contributed by atoms with Gasteiger partial charge in [-0.25, -0.2) is 0 Å². The van der Waals surface area contributed by atoms with Crippen LogP contribution in [0.1, 0.15) is 18.9 Å². The minimum atomic E-state index is -0.134.